The summed E-state index contributed by atoms with van der Waals surface area (Å²) in [6.07, 6.45) is 6.88. The summed E-state index contributed by atoms with van der Waals surface area (Å²) in [5, 5.41) is 0. The molecular formula is C30H62F4O4. The first-order valence-electron chi connectivity index (χ1n) is 14.6. The number of hydrogen-bond acceptors (Lipinski definition) is 1. The van der Waals surface area contributed by atoms with E-state index in [1.165, 1.54) is 44.9 Å². The maximum atomic E-state index is 12.8. The highest BCUT2D eigenvalue weighted by Gasteiger charge is 2.36. The predicted octanol–water partition coefficient (Wildman–Crippen LogP) is 7.39. The fourth-order valence-electron chi connectivity index (χ4n) is 5.26. The summed E-state index contributed by atoms with van der Waals surface area (Å²) in [6.45, 7) is 16.0. The summed E-state index contributed by atoms with van der Waals surface area (Å²) in [7, 11) is 0. The van der Waals surface area contributed by atoms with Crippen molar-refractivity contribution in [3.05, 3.63) is 0 Å². The molecule has 6 N–H and O–H groups in total. The third-order valence-electron chi connectivity index (χ3n) is 8.34. The van der Waals surface area contributed by atoms with Crippen molar-refractivity contribution in [3.63, 3.8) is 0 Å². The average molecular weight is 563 g/mol. The molecule has 0 bridgehead atoms. The lowest BCUT2D eigenvalue weighted by molar-refractivity contribution is 0.000266. The molecule has 0 aromatic rings. The number of rotatable bonds is 0. The molecule has 7 atom stereocenters. The molecule has 3 aliphatic carbocycles. The quantitative estimate of drug-likeness (QED) is 0.282. The number of halogens is 4. The molecule has 8 heteroatoms. The zero-order valence-corrected chi connectivity index (χ0v) is 25.3. The topological polar surface area (TPSA) is 104 Å². The highest BCUT2D eigenvalue weighted by molar-refractivity contribution is 4.85. The van der Waals surface area contributed by atoms with Crippen LogP contribution >= 0.6 is 0 Å². The van der Waals surface area contributed by atoms with E-state index in [0.29, 0.717) is 17.9 Å². The predicted molar refractivity (Wildman–Crippen MR) is 152 cm³/mol. The van der Waals surface area contributed by atoms with E-state index in [9.17, 15) is 17.6 Å². The largest absolute Gasteiger partial charge is 0.412 e. The Morgan fingerprint density at radius 2 is 0.842 bits per heavy atom. The van der Waals surface area contributed by atoms with E-state index in [4.69, 9.17) is 4.74 Å². The van der Waals surface area contributed by atoms with Crippen molar-refractivity contribution in [2.45, 2.75) is 150 Å². The average Bonchev–Trinajstić information content (AvgIpc) is 2.80. The zero-order valence-electron chi connectivity index (χ0n) is 25.3. The molecule has 0 aromatic heterocycles. The standard InChI is InChI=1S/C8H15F.C8H16.C7H11F3.C7H14O.3H2O/c1-6-3-4-7(2)8(9)5-6;1-7-3-5-8(2)6-4-7;1-4-2-5(8)7(10)6(9)3-4;1-6-3-4-7(2)8-5-6;;;/h6-8H,3-5H2,1-2H3;7-8H,3-6H2,1-2H3;4-7H,2-3H2,1H3;6-7H,3-5H2,1-2H3;3*1H2. The van der Waals surface area contributed by atoms with Gasteiger partial charge in [-0.25, -0.2) is 17.6 Å². The second-order valence-corrected chi connectivity index (χ2v) is 12.7. The van der Waals surface area contributed by atoms with Crippen LogP contribution in [0, 0.1) is 35.5 Å². The maximum absolute atomic E-state index is 12.8. The lowest BCUT2D eigenvalue weighted by atomic mass is 9.83. The van der Waals surface area contributed by atoms with Gasteiger partial charge in [0.15, 0.2) is 6.17 Å². The first-order chi connectivity index (χ1) is 16.4. The first kappa shape index (κ1) is 42.0. The van der Waals surface area contributed by atoms with Crippen LogP contribution in [0.5, 0.6) is 0 Å². The summed E-state index contributed by atoms with van der Waals surface area (Å²) in [6, 6.07) is 0. The molecule has 4 fully saturated rings. The highest BCUT2D eigenvalue weighted by Crippen LogP contribution is 2.31. The minimum absolute atomic E-state index is 0. The van der Waals surface area contributed by atoms with Crippen LogP contribution in [0.3, 0.4) is 0 Å². The van der Waals surface area contributed by atoms with Gasteiger partial charge in [0, 0.05) is 6.61 Å². The van der Waals surface area contributed by atoms with Crippen molar-refractivity contribution < 1.29 is 38.7 Å². The van der Waals surface area contributed by atoms with Crippen LogP contribution in [0.1, 0.15) is 119 Å². The smallest absolute Gasteiger partial charge is 0.162 e. The molecule has 1 heterocycles. The number of hydrogen-bond donors (Lipinski definition) is 0. The Morgan fingerprint density at radius 1 is 0.447 bits per heavy atom. The van der Waals surface area contributed by atoms with Crippen molar-refractivity contribution in [2.75, 3.05) is 6.61 Å². The molecule has 1 aliphatic heterocycles. The molecule has 38 heavy (non-hydrogen) atoms. The van der Waals surface area contributed by atoms with Crippen LogP contribution in [0.2, 0.25) is 0 Å². The third kappa shape index (κ3) is 18.0. The van der Waals surface area contributed by atoms with Gasteiger partial charge in [0.25, 0.3) is 0 Å². The Balaban J connectivity index is -0.000000420. The van der Waals surface area contributed by atoms with Gasteiger partial charge in [-0.3, -0.25) is 0 Å². The Bertz CT molecular complexity index is 476. The van der Waals surface area contributed by atoms with Gasteiger partial charge < -0.3 is 21.2 Å². The maximum Gasteiger partial charge on any atom is 0.162 e. The number of alkyl halides is 4. The molecule has 0 aromatic carbocycles. The van der Waals surface area contributed by atoms with Gasteiger partial charge >= 0.3 is 0 Å². The molecule has 0 radical (unpaired) electrons. The van der Waals surface area contributed by atoms with Crippen molar-refractivity contribution in [1.29, 1.82) is 0 Å². The van der Waals surface area contributed by atoms with Crippen molar-refractivity contribution >= 4 is 0 Å². The van der Waals surface area contributed by atoms with E-state index >= 15 is 0 Å². The van der Waals surface area contributed by atoms with E-state index in [0.717, 1.165) is 37.2 Å². The molecule has 0 spiro atoms. The minimum Gasteiger partial charge on any atom is -0.412 e. The Kier molecular flexibility index (Phi) is 24.6. The monoisotopic (exact) mass is 562 g/mol. The van der Waals surface area contributed by atoms with E-state index in [1.54, 1.807) is 6.92 Å². The van der Waals surface area contributed by atoms with Gasteiger partial charge in [0.1, 0.15) is 18.5 Å². The van der Waals surface area contributed by atoms with E-state index in [-0.39, 0.29) is 35.2 Å². The molecule has 4 aliphatic rings. The normalized spacial score (nSPS) is 40.3. The lowest BCUT2D eigenvalue weighted by Gasteiger charge is -2.27. The Labute approximate surface area is 231 Å². The molecular weight excluding hydrogens is 500 g/mol. The fraction of sp³-hybridized carbons (Fsp3) is 1.00. The van der Waals surface area contributed by atoms with E-state index < -0.39 is 24.7 Å². The summed E-state index contributed by atoms with van der Waals surface area (Å²) < 4.78 is 55.5. The van der Waals surface area contributed by atoms with Crippen LogP contribution in [-0.4, -0.2) is 53.8 Å². The second-order valence-electron chi connectivity index (χ2n) is 12.7. The summed E-state index contributed by atoms with van der Waals surface area (Å²) in [5.41, 5.74) is 0. The van der Waals surface area contributed by atoms with E-state index in [1.807, 2.05) is 6.92 Å². The van der Waals surface area contributed by atoms with Gasteiger partial charge in [-0.05, 0) is 81.0 Å². The van der Waals surface area contributed by atoms with Crippen LogP contribution < -0.4 is 0 Å². The lowest BCUT2D eigenvalue weighted by Crippen LogP contribution is -2.36. The molecule has 7 unspecified atom stereocenters. The third-order valence-corrected chi connectivity index (χ3v) is 8.34. The van der Waals surface area contributed by atoms with Crippen molar-refractivity contribution in [3.8, 4) is 0 Å². The van der Waals surface area contributed by atoms with Gasteiger partial charge in [0.2, 0.25) is 0 Å². The molecule has 1 saturated heterocycles. The van der Waals surface area contributed by atoms with Crippen molar-refractivity contribution in [2.24, 2.45) is 35.5 Å². The summed E-state index contributed by atoms with van der Waals surface area (Å²) in [4.78, 5) is 0. The van der Waals surface area contributed by atoms with Gasteiger partial charge in [-0.2, -0.15) is 0 Å². The number of ether oxygens (including phenoxy) is 1. The zero-order chi connectivity index (χ0) is 26.5. The molecule has 3 saturated carbocycles. The van der Waals surface area contributed by atoms with Crippen LogP contribution in [-0.2, 0) is 4.74 Å². The molecule has 4 rings (SSSR count). The molecule has 0 amide bonds. The first-order valence-corrected chi connectivity index (χ1v) is 14.6. The SMILES string of the molecule is CC1CC(F)C(F)C(F)C1.CC1CCC(C)C(F)C1.CC1CCC(C)CC1.CC1CCC(C)OC1.O.O.O. The second kappa shape index (κ2) is 22.3. The van der Waals surface area contributed by atoms with Crippen LogP contribution in [0.15, 0.2) is 0 Å². The summed E-state index contributed by atoms with van der Waals surface area (Å²) in [5.74, 6) is 3.76. The van der Waals surface area contributed by atoms with Crippen LogP contribution in [0.4, 0.5) is 17.6 Å². The van der Waals surface area contributed by atoms with Gasteiger partial charge in [-0.1, -0.05) is 73.6 Å². The fourth-order valence-corrected chi connectivity index (χ4v) is 5.26. The molecule has 234 valence electrons. The van der Waals surface area contributed by atoms with Gasteiger partial charge in [0.05, 0.1) is 6.10 Å². The minimum atomic E-state index is -1.88. The highest BCUT2D eigenvalue weighted by atomic mass is 19.2. The van der Waals surface area contributed by atoms with E-state index in [2.05, 4.69) is 34.6 Å². The Morgan fingerprint density at radius 3 is 1.18 bits per heavy atom. The summed E-state index contributed by atoms with van der Waals surface area (Å²) >= 11 is 0. The van der Waals surface area contributed by atoms with Crippen LogP contribution in [0.25, 0.3) is 0 Å². The Hall–Kier alpha value is -0.440. The van der Waals surface area contributed by atoms with Crippen molar-refractivity contribution in [1.82, 2.24) is 0 Å². The van der Waals surface area contributed by atoms with Gasteiger partial charge in [-0.15, -0.1) is 0 Å². The molecule has 4 nitrogen and oxygen atoms in total.